The molecule has 2 aromatic carbocycles. The Morgan fingerprint density at radius 1 is 1.08 bits per heavy atom. The van der Waals surface area contributed by atoms with Crippen molar-refractivity contribution in [2.24, 2.45) is 0 Å². The van der Waals surface area contributed by atoms with Gasteiger partial charge in [0.2, 0.25) is 0 Å². The summed E-state index contributed by atoms with van der Waals surface area (Å²) >= 11 is 0. The molecule has 2 aromatic rings. The van der Waals surface area contributed by atoms with Gasteiger partial charge >= 0.3 is 0 Å². The Morgan fingerprint density at radius 3 is 2.48 bits per heavy atom. The van der Waals surface area contributed by atoms with Crippen molar-refractivity contribution in [2.75, 3.05) is 38.1 Å². The number of nitrogens with one attached hydrogen (secondary N) is 1. The zero-order valence-corrected chi connectivity index (χ0v) is 15.1. The van der Waals surface area contributed by atoms with Gasteiger partial charge in [-0.25, -0.2) is 0 Å². The van der Waals surface area contributed by atoms with Crippen molar-refractivity contribution in [2.45, 2.75) is 19.5 Å². The molecule has 0 spiro atoms. The molecule has 1 N–H and O–H groups in total. The van der Waals surface area contributed by atoms with Crippen molar-refractivity contribution in [1.82, 2.24) is 10.2 Å². The molecule has 0 unspecified atom stereocenters. The summed E-state index contributed by atoms with van der Waals surface area (Å²) in [5.74, 6) is 0. The summed E-state index contributed by atoms with van der Waals surface area (Å²) in [6.07, 6.45) is 0. The van der Waals surface area contributed by atoms with Crippen LogP contribution < -0.4 is 10.2 Å². The van der Waals surface area contributed by atoms with E-state index < -0.39 is 0 Å². The maximum Gasteiger partial charge on any atom is 0.0991 e. The number of anilines is 1. The Hall–Kier alpha value is -2.35. The molecule has 4 heteroatoms. The van der Waals surface area contributed by atoms with Crippen LogP contribution >= 0.6 is 0 Å². The van der Waals surface area contributed by atoms with Gasteiger partial charge in [0, 0.05) is 44.5 Å². The third kappa shape index (κ3) is 4.60. The lowest BCUT2D eigenvalue weighted by Gasteiger charge is -2.34. The minimum absolute atomic E-state index is 0.271. The first kappa shape index (κ1) is 17.5. The van der Waals surface area contributed by atoms with Crippen LogP contribution in [0.3, 0.4) is 0 Å². The first-order chi connectivity index (χ1) is 12.2. The second kappa shape index (κ2) is 8.15. The van der Waals surface area contributed by atoms with Crippen LogP contribution in [0.4, 0.5) is 5.69 Å². The van der Waals surface area contributed by atoms with Gasteiger partial charge in [-0.15, -0.1) is 0 Å². The average Bonchev–Trinajstić information content (AvgIpc) is 2.67. The van der Waals surface area contributed by atoms with E-state index in [2.05, 4.69) is 65.5 Å². The number of rotatable bonds is 5. The molecule has 1 fully saturated rings. The maximum atomic E-state index is 8.99. The van der Waals surface area contributed by atoms with Crippen LogP contribution in [-0.2, 0) is 6.54 Å². The van der Waals surface area contributed by atoms with Gasteiger partial charge in [0.1, 0.15) is 0 Å². The second-order valence-electron chi connectivity index (χ2n) is 6.80. The van der Waals surface area contributed by atoms with Crippen LogP contribution in [-0.4, -0.2) is 38.1 Å². The molecular weight excluding hydrogens is 308 g/mol. The van der Waals surface area contributed by atoms with Gasteiger partial charge in [-0.05, 0) is 49.4 Å². The van der Waals surface area contributed by atoms with Crippen molar-refractivity contribution in [3.63, 3.8) is 0 Å². The summed E-state index contributed by atoms with van der Waals surface area (Å²) in [6.45, 7) is 7.39. The molecule has 1 aliphatic heterocycles. The van der Waals surface area contributed by atoms with Gasteiger partial charge in [0.15, 0.2) is 0 Å². The van der Waals surface area contributed by atoms with Gasteiger partial charge < -0.3 is 15.1 Å². The number of benzene rings is 2. The zero-order chi connectivity index (χ0) is 17.6. The highest BCUT2D eigenvalue weighted by molar-refractivity contribution is 5.48. The van der Waals surface area contributed by atoms with Crippen LogP contribution in [0.5, 0.6) is 0 Å². The van der Waals surface area contributed by atoms with E-state index in [1.165, 1.54) is 11.3 Å². The van der Waals surface area contributed by atoms with E-state index in [0.717, 1.165) is 38.3 Å². The predicted molar refractivity (Wildman–Crippen MR) is 103 cm³/mol. The topological polar surface area (TPSA) is 42.3 Å². The van der Waals surface area contributed by atoms with Crippen LogP contribution in [0.1, 0.15) is 29.7 Å². The minimum Gasteiger partial charge on any atom is -0.369 e. The smallest absolute Gasteiger partial charge is 0.0991 e. The molecule has 130 valence electrons. The van der Waals surface area contributed by atoms with Crippen LogP contribution in [0, 0.1) is 11.3 Å². The van der Waals surface area contributed by atoms with E-state index in [1.54, 1.807) is 0 Å². The quantitative estimate of drug-likeness (QED) is 0.912. The number of nitriles is 1. The van der Waals surface area contributed by atoms with Crippen LogP contribution in [0.2, 0.25) is 0 Å². The maximum absolute atomic E-state index is 8.99. The number of piperazine rings is 1. The molecule has 1 atom stereocenters. The molecule has 0 bridgehead atoms. The van der Waals surface area contributed by atoms with E-state index in [9.17, 15) is 0 Å². The molecule has 0 amide bonds. The SMILES string of the molecule is C[C@H](NCc1cccc(C#N)c1)c1ccc(N2CCN(C)CC2)cc1. The van der Waals surface area contributed by atoms with Gasteiger partial charge in [0.05, 0.1) is 11.6 Å². The Kier molecular flexibility index (Phi) is 5.70. The Morgan fingerprint density at radius 2 is 1.80 bits per heavy atom. The lowest BCUT2D eigenvalue weighted by molar-refractivity contribution is 0.313. The largest absolute Gasteiger partial charge is 0.369 e. The van der Waals surface area contributed by atoms with Gasteiger partial charge in [-0.1, -0.05) is 24.3 Å². The summed E-state index contributed by atoms with van der Waals surface area (Å²) in [5, 5.41) is 12.5. The summed E-state index contributed by atoms with van der Waals surface area (Å²) in [5.41, 5.74) is 4.45. The zero-order valence-electron chi connectivity index (χ0n) is 15.1. The number of hydrogen-bond donors (Lipinski definition) is 1. The third-order valence-corrected chi connectivity index (χ3v) is 4.93. The first-order valence-electron chi connectivity index (χ1n) is 8.91. The Bertz CT molecular complexity index is 724. The monoisotopic (exact) mass is 334 g/mol. The van der Waals surface area contributed by atoms with Gasteiger partial charge in [-0.3, -0.25) is 0 Å². The lowest BCUT2D eigenvalue weighted by atomic mass is 10.1. The molecule has 1 heterocycles. The highest BCUT2D eigenvalue weighted by atomic mass is 15.2. The van der Waals surface area contributed by atoms with Gasteiger partial charge in [0.25, 0.3) is 0 Å². The standard InChI is InChI=1S/C21H26N4/c1-17(23-16-19-5-3-4-18(14-19)15-22)20-6-8-21(9-7-20)25-12-10-24(2)11-13-25/h3-9,14,17,23H,10-13,16H2,1-2H3/t17-/m0/s1. The van der Waals surface area contributed by atoms with Crippen molar-refractivity contribution < 1.29 is 0 Å². The Labute approximate surface area is 150 Å². The molecule has 1 aliphatic rings. The fraction of sp³-hybridized carbons (Fsp3) is 0.381. The molecule has 25 heavy (non-hydrogen) atoms. The normalized spacial score (nSPS) is 16.4. The summed E-state index contributed by atoms with van der Waals surface area (Å²) in [6, 6.07) is 19.1. The molecular formula is C21H26N4. The summed E-state index contributed by atoms with van der Waals surface area (Å²) in [7, 11) is 2.18. The van der Waals surface area contributed by atoms with Crippen LogP contribution in [0.15, 0.2) is 48.5 Å². The minimum atomic E-state index is 0.271. The third-order valence-electron chi connectivity index (χ3n) is 4.93. The average molecular weight is 334 g/mol. The number of likely N-dealkylation sites (N-methyl/N-ethyl adjacent to an activating group) is 1. The predicted octanol–water partition coefficient (Wildman–Crippen LogP) is 3.16. The number of nitrogens with zero attached hydrogens (tertiary/aromatic N) is 3. The molecule has 1 saturated heterocycles. The van der Waals surface area contributed by atoms with E-state index >= 15 is 0 Å². The van der Waals surface area contributed by atoms with Crippen molar-refractivity contribution in [1.29, 1.82) is 5.26 Å². The van der Waals surface area contributed by atoms with E-state index in [1.807, 2.05) is 18.2 Å². The molecule has 0 radical (unpaired) electrons. The molecule has 0 aromatic heterocycles. The fourth-order valence-electron chi connectivity index (χ4n) is 3.18. The highest BCUT2D eigenvalue weighted by Crippen LogP contribution is 2.20. The van der Waals surface area contributed by atoms with E-state index in [4.69, 9.17) is 5.26 Å². The summed E-state index contributed by atoms with van der Waals surface area (Å²) in [4.78, 5) is 4.83. The lowest BCUT2D eigenvalue weighted by Crippen LogP contribution is -2.44. The molecule has 3 rings (SSSR count). The van der Waals surface area contributed by atoms with E-state index in [-0.39, 0.29) is 6.04 Å². The van der Waals surface area contributed by atoms with E-state index in [0.29, 0.717) is 5.56 Å². The van der Waals surface area contributed by atoms with Crippen LogP contribution in [0.25, 0.3) is 0 Å². The fourth-order valence-corrected chi connectivity index (χ4v) is 3.18. The number of hydrogen-bond acceptors (Lipinski definition) is 4. The molecule has 0 saturated carbocycles. The Balaban J connectivity index is 1.57. The second-order valence-corrected chi connectivity index (χ2v) is 6.80. The molecule has 0 aliphatic carbocycles. The highest BCUT2D eigenvalue weighted by Gasteiger charge is 2.14. The van der Waals surface area contributed by atoms with Crippen molar-refractivity contribution >= 4 is 5.69 Å². The van der Waals surface area contributed by atoms with Gasteiger partial charge in [-0.2, -0.15) is 5.26 Å². The van der Waals surface area contributed by atoms with Crippen molar-refractivity contribution in [3.8, 4) is 6.07 Å². The first-order valence-corrected chi connectivity index (χ1v) is 8.91. The van der Waals surface area contributed by atoms with Crippen molar-refractivity contribution in [3.05, 3.63) is 65.2 Å². The summed E-state index contributed by atoms with van der Waals surface area (Å²) < 4.78 is 0. The molecule has 4 nitrogen and oxygen atoms in total.